The van der Waals surface area contributed by atoms with Crippen LogP contribution in [0.25, 0.3) is 22.2 Å². The molecule has 90 valence electrons. The van der Waals surface area contributed by atoms with Gasteiger partial charge in [-0.2, -0.15) is 0 Å². The molecular weight excluding hydrogens is 242 g/mol. The average Bonchev–Trinajstić information content (AvgIpc) is 2.80. The van der Waals surface area contributed by atoms with Crippen LogP contribution in [0.15, 0.2) is 47.6 Å². The maximum atomic E-state index is 5.89. The SMILES string of the molecule is CSc1ccc(-c2cnc3[nH]cc(N)c3c2)cc1. The Bertz CT molecular complexity index is 686. The van der Waals surface area contributed by atoms with E-state index in [9.17, 15) is 0 Å². The van der Waals surface area contributed by atoms with Crippen molar-refractivity contribution in [3.63, 3.8) is 0 Å². The molecule has 0 radical (unpaired) electrons. The highest BCUT2D eigenvalue weighted by Crippen LogP contribution is 2.27. The molecule has 0 saturated heterocycles. The third-order valence-corrected chi connectivity index (χ3v) is 3.73. The summed E-state index contributed by atoms with van der Waals surface area (Å²) in [6.07, 6.45) is 5.72. The van der Waals surface area contributed by atoms with E-state index in [1.54, 1.807) is 18.0 Å². The van der Waals surface area contributed by atoms with Crippen molar-refractivity contribution < 1.29 is 0 Å². The van der Waals surface area contributed by atoms with Gasteiger partial charge < -0.3 is 10.7 Å². The number of aromatic amines is 1. The lowest BCUT2D eigenvalue weighted by atomic mass is 10.1. The first-order chi connectivity index (χ1) is 8.78. The van der Waals surface area contributed by atoms with Gasteiger partial charge in [-0.1, -0.05) is 12.1 Å². The summed E-state index contributed by atoms with van der Waals surface area (Å²) < 4.78 is 0. The predicted molar refractivity (Wildman–Crippen MR) is 77.7 cm³/mol. The first-order valence-corrected chi connectivity index (χ1v) is 6.87. The molecule has 0 aliphatic rings. The van der Waals surface area contributed by atoms with Crippen LogP contribution in [0.3, 0.4) is 0 Å². The van der Waals surface area contributed by atoms with Crippen LogP contribution >= 0.6 is 11.8 Å². The second-order valence-electron chi connectivity index (χ2n) is 4.09. The summed E-state index contributed by atoms with van der Waals surface area (Å²) in [5.74, 6) is 0. The Hall–Kier alpha value is -1.94. The van der Waals surface area contributed by atoms with Gasteiger partial charge in [-0.25, -0.2) is 4.98 Å². The minimum Gasteiger partial charge on any atom is -0.397 e. The van der Waals surface area contributed by atoms with E-state index in [1.165, 1.54) is 4.90 Å². The van der Waals surface area contributed by atoms with Crippen molar-refractivity contribution in [2.24, 2.45) is 0 Å². The zero-order chi connectivity index (χ0) is 12.5. The van der Waals surface area contributed by atoms with Crippen LogP contribution < -0.4 is 5.73 Å². The molecule has 0 aliphatic carbocycles. The summed E-state index contributed by atoms with van der Waals surface area (Å²) in [6.45, 7) is 0. The van der Waals surface area contributed by atoms with Crippen LogP contribution in [0.5, 0.6) is 0 Å². The fourth-order valence-electron chi connectivity index (χ4n) is 1.97. The second-order valence-corrected chi connectivity index (χ2v) is 4.97. The van der Waals surface area contributed by atoms with Crippen LogP contribution in [0.1, 0.15) is 0 Å². The monoisotopic (exact) mass is 255 g/mol. The highest BCUT2D eigenvalue weighted by Gasteiger charge is 2.04. The van der Waals surface area contributed by atoms with Gasteiger partial charge >= 0.3 is 0 Å². The normalized spacial score (nSPS) is 10.9. The maximum absolute atomic E-state index is 5.89. The summed E-state index contributed by atoms with van der Waals surface area (Å²) in [5, 5.41) is 0.974. The molecule has 0 atom stereocenters. The lowest BCUT2D eigenvalue weighted by Crippen LogP contribution is -1.84. The van der Waals surface area contributed by atoms with Crippen molar-refractivity contribution >= 4 is 28.5 Å². The fourth-order valence-corrected chi connectivity index (χ4v) is 2.37. The Morgan fingerprint density at radius 3 is 2.67 bits per heavy atom. The molecule has 3 aromatic rings. The third-order valence-electron chi connectivity index (χ3n) is 2.99. The summed E-state index contributed by atoms with van der Waals surface area (Å²) in [4.78, 5) is 8.68. The second kappa shape index (κ2) is 4.38. The summed E-state index contributed by atoms with van der Waals surface area (Å²) in [7, 11) is 0. The first-order valence-electron chi connectivity index (χ1n) is 5.65. The van der Waals surface area contributed by atoms with Gasteiger partial charge in [0.15, 0.2) is 0 Å². The van der Waals surface area contributed by atoms with Crippen molar-refractivity contribution in [2.75, 3.05) is 12.0 Å². The molecule has 0 spiro atoms. The molecule has 3 nitrogen and oxygen atoms in total. The van der Waals surface area contributed by atoms with Crippen LogP contribution in [0.4, 0.5) is 5.69 Å². The number of nitrogens with zero attached hydrogens (tertiary/aromatic N) is 1. The van der Waals surface area contributed by atoms with Crippen LogP contribution in [0, 0.1) is 0 Å². The van der Waals surface area contributed by atoms with Crippen LogP contribution in [-0.4, -0.2) is 16.2 Å². The van der Waals surface area contributed by atoms with Gasteiger partial charge in [0.25, 0.3) is 0 Å². The fraction of sp³-hybridized carbons (Fsp3) is 0.0714. The smallest absolute Gasteiger partial charge is 0.139 e. The zero-order valence-corrected chi connectivity index (χ0v) is 10.8. The molecule has 3 N–H and O–H groups in total. The number of nitrogens with two attached hydrogens (primary N) is 1. The quantitative estimate of drug-likeness (QED) is 0.689. The molecule has 0 fully saturated rings. The van der Waals surface area contributed by atoms with Crippen LogP contribution in [-0.2, 0) is 0 Å². The van der Waals surface area contributed by atoms with Gasteiger partial charge in [-0.3, -0.25) is 0 Å². The number of fused-ring (bicyclic) bond motifs is 1. The molecule has 18 heavy (non-hydrogen) atoms. The molecule has 0 aliphatic heterocycles. The number of aromatic nitrogens is 2. The highest BCUT2D eigenvalue weighted by molar-refractivity contribution is 7.98. The average molecular weight is 255 g/mol. The molecule has 1 aromatic carbocycles. The lowest BCUT2D eigenvalue weighted by molar-refractivity contribution is 1.32. The summed E-state index contributed by atoms with van der Waals surface area (Å²) in [6, 6.07) is 10.5. The number of rotatable bonds is 2. The molecule has 3 rings (SSSR count). The molecular formula is C14H13N3S. The largest absolute Gasteiger partial charge is 0.397 e. The molecule has 2 aromatic heterocycles. The number of pyridine rings is 1. The zero-order valence-electron chi connectivity index (χ0n) is 9.97. The number of nitrogens with one attached hydrogen (secondary N) is 1. The predicted octanol–water partition coefficient (Wildman–Crippen LogP) is 3.53. The Balaban J connectivity index is 2.09. The topological polar surface area (TPSA) is 54.7 Å². The Morgan fingerprint density at radius 1 is 1.17 bits per heavy atom. The van der Waals surface area contributed by atoms with E-state index in [-0.39, 0.29) is 0 Å². The van der Waals surface area contributed by atoms with Crippen molar-refractivity contribution in [3.8, 4) is 11.1 Å². The number of anilines is 1. The minimum absolute atomic E-state index is 0.736. The first kappa shape index (κ1) is 11.2. The molecule has 0 amide bonds. The van der Waals surface area contributed by atoms with E-state index in [2.05, 4.69) is 46.6 Å². The number of H-pyrrole nitrogens is 1. The van der Waals surface area contributed by atoms with Crippen molar-refractivity contribution in [1.82, 2.24) is 9.97 Å². The molecule has 0 saturated carbocycles. The third kappa shape index (κ3) is 1.84. The highest BCUT2D eigenvalue weighted by atomic mass is 32.2. The van der Waals surface area contributed by atoms with Crippen molar-refractivity contribution in [2.45, 2.75) is 4.90 Å². The van der Waals surface area contributed by atoms with Gasteiger partial charge in [0.05, 0.1) is 5.69 Å². The number of thioether (sulfide) groups is 1. The number of hydrogen-bond acceptors (Lipinski definition) is 3. The van der Waals surface area contributed by atoms with Gasteiger partial charge in [-0.15, -0.1) is 11.8 Å². The van der Waals surface area contributed by atoms with Gasteiger partial charge in [0.1, 0.15) is 5.65 Å². The van der Waals surface area contributed by atoms with E-state index in [4.69, 9.17) is 5.73 Å². The Morgan fingerprint density at radius 2 is 1.94 bits per heavy atom. The summed E-state index contributed by atoms with van der Waals surface area (Å²) in [5.41, 5.74) is 9.70. The van der Waals surface area contributed by atoms with Gasteiger partial charge in [0, 0.05) is 28.2 Å². The minimum atomic E-state index is 0.736. The molecule has 0 bridgehead atoms. The maximum Gasteiger partial charge on any atom is 0.139 e. The van der Waals surface area contributed by atoms with E-state index < -0.39 is 0 Å². The standard InChI is InChI=1S/C14H13N3S/c1-18-11-4-2-9(3-5-11)10-6-12-13(15)8-17-14(12)16-7-10/h2-8H,15H2,1H3,(H,16,17). The van der Waals surface area contributed by atoms with Gasteiger partial charge in [0.2, 0.25) is 0 Å². The number of hydrogen-bond donors (Lipinski definition) is 2. The van der Waals surface area contributed by atoms with E-state index >= 15 is 0 Å². The molecule has 0 unspecified atom stereocenters. The van der Waals surface area contributed by atoms with Crippen molar-refractivity contribution in [3.05, 3.63) is 42.7 Å². The van der Waals surface area contributed by atoms with E-state index in [0.29, 0.717) is 0 Å². The van der Waals surface area contributed by atoms with Crippen molar-refractivity contribution in [1.29, 1.82) is 0 Å². The lowest BCUT2D eigenvalue weighted by Gasteiger charge is -2.03. The number of nitrogen functional groups attached to an aromatic ring is 1. The van der Waals surface area contributed by atoms with E-state index in [1.807, 2.05) is 6.20 Å². The van der Waals surface area contributed by atoms with Crippen LogP contribution in [0.2, 0.25) is 0 Å². The number of benzene rings is 1. The Labute approximate surface area is 109 Å². The molecule has 4 heteroatoms. The molecule has 2 heterocycles. The Kier molecular flexibility index (Phi) is 2.72. The van der Waals surface area contributed by atoms with E-state index in [0.717, 1.165) is 27.8 Å². The van der Waals surface area contributed by atoms with Gasteiger partial charge in [-0.05, 0) is 30.0 Å². The summed E-state index contributed by atoms with van der Waals surface area (Å²) >= 11 is 1.74.